The average molecular weight is 247 g/mol. The first-order valence-corrected chi connectivity index (χ1v) is 5.93. The lowest BCUT2D eigenvalue weighted by Crippen LogP contribution is -2.28. The van der Waals surface area contributed by atoms with Crippen LogP contribution in [0.3, 0.4) is 0 Å². The Kier molecular flexibility index (Phi) is 2.81. The molecule has 18 heavy (non-hydrogen) atoms. The van der Waals surface area contributed by atoms with Gasteiger partial charge in [-0.25, -0.2) is 0 Å². The van der Waals surface area contributed by atoms with Crippen molar-refractivity contribution in [3.63, 3.8) is 0 Å². The second-order valence-electron chi connectivity index (χ2n) is 4.96. The Balaban J connectivity index is 2.77. The van der Waals surface area contributed by atoms with Crippen LogP contribution in [0, 0.1) is 0 Å². The summed E-state index contributed by atoms with van der Waals surface area (Å²) in [7, 11) is 0. The molecule has 0 aliphatic heterocycles. The molecule has 0 aliphatic carbocycles. The van der Waals surface area contributed by atoms with Crippen molar-refractivity contribution in [2.45, 2.75) is 32.7 Å². The Hall–Kier alpha value is -1.97. The van der Waals surface area contributed by atoms with E-state index in [1.54, 1.807) is 32.0 Å². The van der Waals surface area contributed by atoms with Crippen LogP contribution < -0.4 is 0 Å². The van der Waals surface area contributed by atoms with E-state index in [2.05, 4.69) is 0 Å². The second kappa shape index (κ2) is 4.05. The predicted octanol–water partition coefficient (Wildman–Crippen LogP) is 2.73. The molecule has 0 aliphatic rings. The fraction of sp³-hybridized carbons (Fsp3) is 0.357. The molecule has 0 amide bonds. The number of nitrogens with zero attached hydrogens (tertiary/aromatic N) is 1. The SMILES string of the molecule is CCn1cc(C(C)(C)C(=O)O)c2ccc(O)cc21. The largest absolute Gasteiger partial charge is 0.508 e. The van der Waals surface area contributed by atoms with Crippen LogP contribution in [0.25, 0.3) is 10.9 Å². The van der Waals surface area contributed by atoms with Gasteiger partial charge in [0.05, 0.1) is 10.9 Å². The molecule has 1 aromatic heterocycles. The van der Waals surface area contributed by atoms with Gasteiger partial charge in [-0.3, -0.25) is 4.79 Å². The van der Waals surface area contributed by atoms with Crippen LogP contribution in [0.5, 0.6) is 5.75 Å². The molecule has 1 heterocycles. The Bertz CT molecular complexity index is 611. The van der Waals surface area contributed by atoms with Crippen LogP contribution in [0.2, 0.25) is 0 Å². The van der Waals surface area contributed by atoms with Gasteiger partial charge in [0.25, 0.3) is 0 Å². The molecule has 2 aromatic rings. The fourth-order valence-electron chi connectivity index (χ4n) is 2.16. The number of carboxylic acid groups (broad SMARTS) is 1. The van der Waals surface area contributed by atoms with Gasteiger partial charge >= 0.3 is 5.97 Å². The van der Waals surface area contributed by atoms with Crippen molar-refractivity contribution in [2.24, 2.45) is 0 Å². The summed E-state index contributed by atoms with van der Waals surface area (Å²) >= 11 is 0. The average Bonchev–Trinajstić information content (AvgIpc) is 2.67. The number of phenolic OH excluding ortho intramolecular Hbond substituents is 1. The molecule has 0 saturated heterocycles. The molecular formula is C14H17NO3. The number of fused-ring (bicyclic) bond motifs is 1. The number of benzene rings is 1. The highest BCUT2D eigenvalue weighted by molar-refractivity contribution is 5.92. The predicted molar refractivity (Wildman–Crippen MR) is 69.9 cm³/mol. The van der Waals surface area contributed by atoms with Crippen molar-refractivity contribution >= 4 is 16.9 Å². The summed E-state index contributed by atoms with van der Waals surface area (Å²) in [6.45, 7) is 6.10. The van der Waals surface area contributed by atoms with E-state index in [1.807, 2.05) is 17.7 Å². The number of carboxylic acids is 1. The molecule has 2 rings (SSSR count). The molecule has 0 spiro atoms. The highest BCUT2D eigenvalue weighted by atomic mass is 16.4. The molecule has 0 fully saturated rings. The zero-order valence-corrected chi connectivity index (χ0v) is 10.8. The van der Waals surface area contributed by atoms with Crippen molar-refractivity contribution < 1.29 is 15.0 Å². The fourth-order valence-corrected chi connectivity index (χ4v) is 2.16. The molecule has 2 N–H and O–H groups in total. The molecule has 0 saturated carbocycles. The maximum Gasteiger partial charge on any atom is 0.313 e. The summed E-state index contributed by atoms with van der Waals surface area (Å²) in [5.74, 6) is -0.666. The first kappa shape index (κ1) is 12.5. The van der Waals surface area contributed by atoms with Gasteiger partial charge in [-0.05, 0) is 38.5 Å². The Morgan fingerprint density at radius 2 is 2.06 bits per heavy atom. The van der Waals surface area contributed by atoms with E-state index in [9.17, 15) is 15.0 Å². The number of aromatic hydroxyl groups is 1. The van der Waals surface area contributed by atoms with Gasteiger partial charge in [0.15, 0.2) is 0 Å². The van der Waals surface area contributed by atoms with E-state index in [-0.39, 0.29) is 5.75 Å². The van der Waals surface area contributed by atoms with Crippen molar-refractivity contribution in [1.29, 1.82) is 0 Å². The van der Waals surface area contributed by atoms with Crippen LogP contribution in [0.1, 0.15) is 26.3 Å². The number of phenols is 1. The molecular weight excluding hydrogens is 230 g/mol. The smallest absolute Gasteiger partial charge is 0.313 e. The summed E-state index contributed by atoms with van der Waals surface area (Å²) < 4.78 is 1.95. The minimum Gasteiger partial charge on any atom is -0.508 e. The maximum absolute atomic E-state index is 11.4. The van der Waals surface area contributed by atoms with Crippen LogP contribution >= 0.6 is 0 Å². The van der Waals surface area contributed by atoms with E-state index >= 15 is 0 Å². The number of rotatable bonds is 3. The van der Waals surface area contributed by atoms with Gasteiger partial charge < -0.3 is 14.8 Å². The monoisotopic (exact) mass is 247 g/mol. The number of aromatic nitrogens is 1. The highest BCUT2D eigenvalue weighted by Crippen LogP contribution is 2.33. The lowest BCUT2D eigenvalue weighted by Gasteiger charge is -2.18. The third kappa shape index (κ3) is 1.74. The lowest BCUT2D eigenvalue weighted by atomic mass is 9.84. The first-order valence-electron chi connectivity index (χ1n) is 5.93. The standard InChI is InChI=1S/C14H17NO3/c1-4-15-8-11(14(2,3)13(17)18)10-6-5-9(16)7-12(10)15/h5-8,16H,4H2,1-3H3,(H,17,18). The topological polar surface area (TPSA) is 62.5 Å². The van der Waals surface area contributed by atoms with Gasteiger partial charge in [-0.1, -0.05) is 0 Å². The molecule has 0 bridgehead atoms. The van der Waals surface area contributed by atoms with Crippen LogP contribution in [0.4, 0.5) is 0 Å². The molecule has 1 aromatic carbocycles. The molecule has 96 valence electrons. The quantitative estimate of drug-likeness (QED) is 0.876. The minimum absolute atomic E-state index is 0.190. The minimum atomic E-state index is -0.949. The first-order chi connectivity index (χ1) is 8.37. The third-order valence-electron chi connectivity index (χ3n) is 3.41. The molecule has 4 nitrogen and oxygen atoms in total. The lowest BCUT2D eigenvalue weighted by molar-refractivity contribution is -0.142. The maximum atomic E-state index is 11.4. The van der Waals surface area contributed by atoms with Gasteiger partial charge in [0, 0.05) is 24.2 Å². The van der Waals surface area contributed by atoms with Crippen LogP contribution in [-0.4, -0.2) is 20.7 Å². The van der Waals surface area contributed by atoms with E-state index < -0.39 is 11.4 Å². The van der Waals surface area contributed by atoms with E-state index in [0.29, 0.717) is 0 Å². The summed E-state index contributed by atoms with van der Waals surface area (Å²) in [4.78, 5) is 11.4. The molecule has 0 atom stereocenters. The molecule has 4 heteroatoms. The highest BCUT2D eigenvalue weighted by Gasteiger charge is 2.32. The van der Waals surface area contributed by atoms with Crippen molar-refractivity contribution in [3.05, 3.63) is 30.0 Å². The zero-order chi connectivity index (χ0) is 13.5. The second-order valence-corrected chi connectivity index (χ2v) is 4.96. The van der Waals surface area contributed by atoms with Gasteiger partial charge in [0.2, 0.25) is 0 Å². The summed E-state index contributed by atoms with van der Waals surface area (Å²) in [6, 6.07) is 5.03. The van der Waals surface area contributed by atoms with Gasteiger partial charge in [-0.2, -0.15) is 0 Å². The van der Waals surface area contributed by atoms with Crippen molar-refractivity contribution in [2.75, 3.05) is 0 Å². The van der Waals surface area contributed by atoms with Crippen LogP contribution in [0.15, 0.2) is 24.4 Å². The number of hydrogen-bond donors (Lipinski definition) is 2. The van der Waals surface area contributed by atoms with Gasteiger partial charge in [0.1, 0.15) is 5.75 Å². The van der Waals surface area contributed by atoms with Crippen molar-refractivity contribution in [1.82, 2.24) is 4.57 Å². The number of aliphatic carboxylic acids is 1. The van der Waals surface area contributed by atoms with Crippen molar-refractivity contribution in [3.8, 4) is 5.75 Å². The Labute approximate surface area is 105 Å². The number of carbonyl (C=O) groups is 1. The van der Waals surface area contributed by atoms with E-state index in [1.165, 1.54) is 0 Å². The molecule has 0 radical (unpaired) electrons. The Morgan fingerprint density at radius 3 is 2.61 bits per heavy atom. The third-order valence-corrected chi connectivity index (χ3v) is 3.41. The summed E-state index contributed by atoms with van der Waals surface area (Å²) in [5.41, 5.74) is 0.684. The van der Waals surface area contributed by atoms with E-state index in [0.717, 1.165) is 23.0 Å². The normalized spacial score (nSPS) is 11.9. The van der Waals surface area contributed by atoms with Crippen LogP contribution in [-0.2, 0) is 16.8 Å². The summed E-state index contributed by atoms with van der Waals surface area (Å²) in [5, 5.41) is 19.8. The molecule has 0 unspecified atom stereocenters. The summed E-state index contributed by atoms with van der Waals surface area (Å²) in [6.07, 6.45) is 1.86. The number of aryl methyl sites for hydroxylation is 1. The zero-order valence-electron chi connectivity index (χ0n) is 10.8. The van der Waals surface area contributed by atoms with Gasteiger partial charge in [-0.15, -0.1) is 0 Å². The van der Waals surface area contributed by atoms with E-state index in [4.69, 9.17) is 0 Å². The number of hydrogen-bond acceptors (Lipinski definition) is 2. The Morgan fingerprint density at radius 1 is 1.39 bits per heavy atom.